The summed E-state index contributed by atoms with van der Waals surface area (Å²) in [5, 5.41) is 0. The molecule has 1 saturated heterocycles. The first-order valence-electron chi connectivity index (χ1n) is 2.94. The third kappa shape index (κ3) is 1.80. The third-order valence-corrected chi connectivity index (χ3v) is 1.44. The summed E-state index contributed by atoms with van der Waals surface area (Å²) < 4.78 is 5.36. The average Bonchev–Trinajstić information content (AvgIpc) is 1.87. The second-order valence-corrected chi connectivity index (χ2v) is 2.33. The molecule has 1 aliphatic heterocycles. The molecular weight excluding hydrogens is 102 g/mol. The van der Waals surface area contributed by atoms with Crippen LogP contribution in [0.15, 0.2) is 0 Å². The minimum Gasteiger partial charge on any atom is -0.376 e. The van der Waals surface area contributed by atoms with Crippen molar-refractivity contribution in [3.05, 3.63) is 0 Å². The molecule has 2 nitrogen and oxygen atoms in total. The summed E-state index contributed by atoms with van der Waals surface area (Å²) in [6, 6.07) is 0. The standard InChI is InChI=1S/C6H12O.H3N/c1-5-3-4-6(2)7-5;/h5-6H,3-4H2,1-2H3;1H3. The van der Waals surface area contributed by atoms with Gasteiger partial charge in [0.1, 0.15) is 0 Å². The highest BCUT2D eigenvalue weighted by Gasteiger charge is 2.16. The minimum atomic E-state index is 0. The van der Waals surface area contributed by atoms with Crippen molar-refractivity contribution in [2.75, 3.05) is 0 Å². The van der Waals surface area contributed by atoms with Crippen LogP contribution in [0.5, 0.6) is 0 Å². The van der Waals surface area contributed by atoms with Gasteiger partial charge in [-0.05, 0) is 26.7 Å². The van der Waals surface area contributed by atoms with Crippen LogP contribution in [0.2, 0.25) is 0 Å². The summed E-state index contributed by atoms with van der Waals surface area (Å²) in [6.07, 6.45) is 3.55. The van der Waals surface area contributed by atoms with Crippen molar-refractivity contribution in [2.45, 2.75) is 38.9 Å². The first-order chi connectivity index (χ1) is 3.29. The van der Waals surface area contributed by atoms with E-state index in [1.54, 1.807) is 0 Å². The predicted octanol–water partition coefficient (Wildman–Crippen LogP) is 1.74. The molecule has 1 aliphatic rings. The monoisotopic (exact) mass is 117 g/mol. The van der Waals surface area contributed by atoms with E-state index in [0.717, 1.165) is 0 Å². The Morgan fingerprint density at radius 2 is 1.50 bits per heavy atom. The second-order valence-electron chi connectivity index (χ2n) is 2.33. The van der Waals surface area contributed by atoms with Crippen molar-refractivity contribution in [3.8, 4) is 0 Å². The first kappa shape index (κ1) is 7.92. The van der Waals surface area contributed by atoms with E-state index in [2.05, 4.69) is 13.8 Å². The molecule has 1 fully saturated rings. The Kier molecular flexibility index (Phi) is 3.02. The lowest BCUT2D eigenvalue weighted by molar-refractivity contribution is 0.0673. The second kappa shape index (κ2) is 3.05. The molecule has 0 aromatic rings. The van der Waals surface area contributed by atoms with E-state index >= 15 is 0 Å². The fourth-order valence-corrected chi connectivity index (χ4v) is 1.00. The fourth-order valence-electron chi connectivity index (χ4n) is 1.00. The van der Waals surface area contributed by atoms with Crippen LogP contribution in [0, 0.1) is 0 Å². The van der Waals surface area contributed by atoms with E-state index in [1.165, 1.54) is 12.8 Å². The molecule has 0 bridgehead atoms. The molecule has 0 aromatic carbocycles. The molecule has 0 radical (unpaired) electrons. The van der Waals surface area contributed by atoms with E-state index in [4.69, 9.17) is 4.74 Å². The van der Waals surface area contributed by atoms with Crippen LogP contribution in [-0.2, 0) is 4.74 Å². The molecule has 0 spiro atoms. The summed E-state index contributed by atoms with van der Waals surface area (Å²) in [7, 11) is 0. The highest BCUT2D eigenvalue weighted by atomic mass is 16.5. The van der Waals surface area contributed by atoms with Gasteiger partial charge in [0.15, 0.2) is 0 Å². The molecule has 0 aromatic heterocycles. The number of ether oxygens (including phenoxy) is 1. The van der Waals surface area contributed by atoms with E-state index in [1.807, 2.05) is 0 Å². The molecule has 50 valence electrons. The van der Waals surface area contributed by atoms with Crippen LogP contribution in [0.3, 0.4) is 0 Å². The summed E-state index contributed by atoms with van der Waals surface area (Å²) in [4.78, 5) is 0. The zero-order valence-corrected chi connectivity index (χ0v) is 5.68. The van der Waals surface area contributed by atoms with Gasteiger partial charge in [-0.2, -0.15) is 0 Å². The fraction of sp³-hybridized carbons (Fsp3) is 1.00. The summed E-state index contributed by atoms with van der Waals surface area (Å²) >= 11 is 0. The van der Waals surface area contributed by atoms with Gasteiger partial charge in [0.2, 0.25) is 0 Å². The zero-order chi connectivity index (χ0) is 5.28. The molecule has 0 amide bonds. The largest absolute Gasteiger partial charge is 0.376 e. The highest BCUT2D eigenvalue weighted by Crippen LogP contribution is 2.17. The van der Waals surface area contributed by atoms with Crippen LogP contribution in [0.1, 0.15) is 26.7 Å². The Morgan fingerprint density at radius 1 is 1.12 bits per heavy atom. The number of rotatable bonds is 0. The lowest BCUT2D eigenvalue weighted by Gasteiger charge is -2.01. The van der Waals surface area contributed by atoms with Crippen molar-refractivity contribution in [2.24, 2.45) is 0 Å². The Balaban J connectivity index is 0.000000490. The minimum absolute atomic E-state index is 0. The van der Waals surface area contributed by atoms with Crippen LogP contribution in [0.25, 0.3) is 0 Å². The van der Waals surface area contributed by atoms with Gasteiger partial charge in [-0.15, -0.1) is 0 Å². The average molecular weight is 117 g/mol. The highest BCUT2D eigenvalue weighted by molar-refractivity contribution is 4.64. The van der Waals surface area contributed by atoms with E-state index in [9.17, 15) is 0 Å². The molecule has 2 heteroatoms. The summed E-state index contributed by atoms with van der Waals surface area (Å²) in [5.74, 6) is 0. The topological polar surface area (TPSA) is 44.2 Å². The van der Waals surface area contributed by atoms with Crippen molar-refractivity contribution >= 4 is 0 Å². The molecule has 1 rings (SSSR count). The molecular formula is C6H15NO. The predicted molar refractivity (Wildman–Crippen MR) is 34.3 cm³/mol. The van der Waals surface area contributed by atoms with Crippen molar-refractivity contribution in [3.63, 3.8) is 0 Å². The van der Waals surface area contributed by atoms with Crippen LogP contribution < -0.4 is 6.15 Å². The van der Waals surface area contributed by atoms with E-state index < -0.39 is 0 Å². The molecule has 3 N–H and O–H groups in total. The van der Waals surface area contributed by atoms with Crippen LogP contribution >= 0.6 is 0 Å². The number of hydrogen-bond donors (Lipinski definition) is 1. The molecule has 0 aliphatic carbocycles. The maximum absolute atomic E-state index is 5.36. The third-order valence-electron chi connectivity index (χ3n) is 1.44. The molecule has 2 unspecified atom stereocenters. The molecule has 0 saturated carbocycles. The molecule has 2 atom stereocenters. The van der Waals surface area contributed by atoms with Gasteiger partial charge in [-0.1, -0.05) is 0 Å². The zero-order valence-electron chi connectivity index (χ0n) is 5.68. The van der Waals surface area contributed by atoms with Gasteiger partial charge < -0.3 is 10.9 Å². The van der Waals surface area contributed by atoms with E-state index in [-0.39, 0.29) is 6.15 Å². The number of hydrogen-bond acceptors (Lipinski definition) is 2. The Labute approximate surface area is 50.8 Å². The van der Waals surface area contributed by atoms with Gasteiger partial charge in [-0.25, -0.2) is 0 Å². The quantitative estimate of drug-likeness (QED) is 0.525. The van der Waals surface area contributed by atoms with Gasteiger partial charge >= 0.3 is 0 Å². The first-order valence-corrected chi connectivity index (χ1v) is 2.94. The van der Waals surface area contributed by atoms with E-state index in [0.29, 0.717) is 12.2 Å². The molecule has 8 heavy (non-hydrogen) atoms. The summed E-state index contributed by atoms with van der Waals surface area (Å²) in [5.41, 5.74) is 0. The smallest absolute Gasteiger partial charge is 0.0551 e. The van der Waals surface area contributed by atoms with Gasteiger partial charge in [-0.3, -0.25) is 0 Å². The van der Waals surface area contributed by atoms with Crippen molar-refractivity contribution in [1.82, 2.24) is 6.15 Å². The Bertz CT molecular complexity index is 57.5. The lowest BCUT2D eigenvalue weighted by atomic mass is 10.2. The van der Waals surface area contributed by atoms with Gasteiger partial charge in [0, 0.05) is 0 Å². The van der Waals surface area contributed by atoms with Gasteiger partial charge in [0.05, 0.1) is 12.2 Å². The molecule has 1 heterocycles. The van der Waals surface area contributed by atoms with Crippen LogP contribution in [0.4, 0.5) is 0 Å². The van der Waals surface area contributed by atoms with Gasteiger partial charge in [0.25, 0.3) is 0 Å². The lowest BCUT2D eigenvalue weighted by Crippen LogP contribution is -2.01. The SMILES string of the molecule is CC1CCC(C)O1.N. The van der Waals surface area contributed by atoms with Crippen molar-refractivity contribution < 1.29 is 4.74 Å². The Hall–Kier alpha value is -0.0800. The maximum Gasteiger partial charge on any atom is 0.0551 e. The normalized spacial score (nSPS) is 36.8. The maximum atomic E-state index is 5.36. The van der Waals surface area contributed by atoms with Crippen molar-refractivity contribution in [1.29, 1.82) is 0 Å². The Morgan fingerprint density at radius 3 is 1.62 bits per heavy atom. The summed E-state index contributed by atoms with van der Waals surface area (Å²) in [6.45, 7) is 4.26. The van der Waals surface area contributed by atoms with Crippen LogP contribution in [-0.4, -0.2) is 12.2 Å².